The van der Waals surface area contributed by atoms with Gasteiger partial charge in [0.15, 0.2) is 17.4 Å². The Morgan fingerprint density at radius 3 is 2.56 bits per heavy atom. The van der Waals surface area contributed by atoms with Crippen molar-refractivity contribution in [2.75, 3.05) is 5.32 Å². The fourth-order valence-corrected chi connectivity index (χ4v) is 3.23. The van der Waals surface area contributed by atoms with Crippen LogP contribution in [-0.4, -0.2) is 15.6 Å². The first-order chi connectivity index (χ1) is 15.1. The summed E-state index contributed by atoms with van der Waals surface area (Å²) in [4.78, 5) is 15.8. The van der Waals surface area contributed by atoms with Crippen molar-refractivity contribution < 1.29 is 31.4 Å². The quantitative estimate of drug-likeness (QED) is 0.566. The van der Waals surface area contributed by atoms with Crippen LogP contribution in [0.5, 0.6) is 17.4 Å². The number of halogens is 5. The molecule has 1 aliphatic heterocycles. The van der Waals surface area contributed by atoms with Gasteiger partial charge in [-0.15, -0.1) is 0 Å². The van der Waals surface area contributed by atoms with Crippen LogP contribution in [0, 0.1) is 11.6 Å². The van der Waals surface area contributed by atoms with Gasteiger partial charge in [0.05, 0.1) is 5.56 Å². The first kappa shape index (κ1) is 21.6. The lowest BCUT2D eigenvalue weighted by molar-refractivity contribution is -0.137. The molecule has 1 aliphatic rings. The average molecular weight is 453 g/mol. The average Bonchev–Trinajstić information content (AvgIpc) is 3.10. The maximum Gasteiger partial charge on any atom is 0.416 e. The summed E-state index contributed by atoms with van der Waals surface area (Å²) in [6.07, 6.45) is -4.63. The maximum atomic E-state index is 14.4. The number of nitrogens with one attached hydrogen (secondary N) is 1. The van der Waals surface area contributed by atoms with Crippen molar-refractivity contribution in [2.24, 2.45) is 0 Å². The number of hydrogen-bond donors (Lipinski definition) is 1. The summed E-state index contributed by atoms with van der Waals surface area (Å²) in [5.74, 6) is -2.97. The van der Waals surface area contributed by atoms with Crippen LogP contribution in [0.25, 0.3) is 0 Å². The molecule has 2 heterocycles. The van der Waals surface area contributed by atoms with Crippen molar-refractivity contribution in [3.63, 3.8) is 0 Å². The molecule has 0 unspecified atom stereocenters. The summed E-state index contributed by atoms with van der Waals surface area (Å²) in [7, 11) is 0. The molecule has 1 N–H and O–H groups in total. The molecule has 0 bridgehead atoms. The second-order valence-electron chi connectivity index (χ2n) is 7.22. The number of fused-ring (bicyclic) bond motifs is 1. The standard InChI is InChI=1S/C21H16F5N3O3/c1-11-9-29-17(27-11)8-18(28-20(29)30)31-10-12-5-15(22)19(16(23)6-12)32-14-4-2-3-13(7-14)21(24,25)26/h2-8,11,27H,9-10H2,1H3/t11-/m1/s1. The number of benzene rings is 2. The molecule has 0 spiro atoms. The summed E-state index contributed by atoms with van der Waals surface area (Å²) in [5.41, 5.74) is -1.46. The molecular formula is C21H16F5N3O3. The highest BCUT2D eigenvalue weighted by Gasteiger charge is 2.31. The molecule has 32 heavy (non-hydrogen) atoms. The molecule has 3 aromatic rings. The van der Waals surface area contributed by atoms with E-state index in [0.717, 1.165) is 30.3 Å². The molecule has 0 amide bonds. The van der Waals surface area contributed by atoms with Gasteiger partial charge >= 0.3 is 11.9 Å². The van der Waals surface area contributed by atoms with Crippen LogP contribution in [0.15, 0.2) is 47.3 Å². The van der Waals surface area contributed by atoms with Gasteiger partial charge in [-0.25, -0.2) is 13.6 Å². The summed E-state index contributed by atoms with van der Waals surface area (Å²) in [6, 6.07) is 7.07. The van der Waals surface area contributed by atoms with Gasteiger partial charge in [0.25, 0.3) is 0 Å². The molecule has 1 aromatic heterocycles. The van der Waals surface area contributed by atoms with Gasteiger partial charge in [0.1, 0.15) is 18.2 Å². The summed E-state index contributed by atoms with van der Waals surface area (Å²) in [6.45, 7) is 2.05. The van der Waals surface area contributed by atoms with Crippen molar-refractivity contribution >= 4 is 5.82 Å². The first-order valence-electron chi connectivity index (χ1n) is 9.44. The fourth-order valence-electron chi connectivity index (χ4n) is 3.23. The first-order valence-corrected chi connectivity index (χ1v) is 9.44. The molecule has 0 radical (unpaired) electrons. The van der Waals surface area contributed by atoms with Crippen molar-refractivity contribution in [1.82, 2.24) is 9.55 Å². The SMILES string of the molecule is C[C@@H]1Cn2c(cc(OCc3cc(F)c(Oc4cccc(C(F)(F)F)c4)c(F)c3)nc2=O)N1. The van der Waals surface area contributed by atoms with E-state index in [1.807, 2.05) is 6.92 Å². The molecule has 11 heteroatoms. The van der Waals surface area contributed by atoms with Crippen molar-refractivity contribution in [1.29, 1.82) is 0 Å². The van der Waals surface area contributed by atoms with Crippen molar-refractivity contribution in [2.45, 2.75) is 32.3 Å². The van der Waals surface area contributed by atoms with Crippen LogP contribution in [0.1, 0.15) is 18.1 Å². The zero-order chi connectivity index (χ0) is 23.0. The highest BCUT2D eigenvalue weighted by Crippen LogP contribution is 2.34. The number of nitrogens with zero attached hydrogens (tertiary/aromatic N) is 2. The maximum absolute atomic E-state index is 14.4. The Balaban J connectivity index is 1.50. The smallest absolute Gasteiger partial charge is 0.416 e. The number of anilines is 1. The van der Waals surface area contributed by atoms with E-state index in [1.54, 1.807) is 0 Å². The van der Waals surface area contributed by atoms with E-state index < -0.39 is 34.8 Å². The van der Waals surface area contributed by atoms with Gasteiger partial charge in [0, 0.05) is 18.7 Å². The Bertz CT molecular complexity index is 1200. The minimum absolute atomic E-state index is 0.0204. The number of rotatable bonds is 5. The van der Waals surface area contributed by atoms with E-state index in [0.29, 0.717) is 18.4 Å². The largest absolute Gasteiger partial charge is 0.473 e. The molecule has 0 aliphatic carbocycles. The van der Waals surface area contributed by atoms with Crippen LogP contribution in [0.4, 0.5) is 27.8 Å². The minimum Gasteiger partial charge on any atom is -0.473 e. The second-order valence-corrected chi connectivity index (χ2v) is 7.22. The van der Waals surface area contributed by atoms with E-state index in [4.69, 9.17) is 9.47 Å². The van der Waals surface area contributed by atoms with E-state index in [-0.39, 0.29) is 29.8 Å². The van der Waals surface area contributed by atoms with Crippen molar-refractivity contribution in [3.8, 4) is 17.4 Å². The highest BCUT2D eigenvalue weighted by atomic mass is 19.4. The van der Waals surface area contributed by atoms with E-state index in [1.165, 1.54) is 10.6 Å². The molecule has 168 valence electrons. The number of ether oxygens (including phenoxy) is 2. The van der Waals surface area contributed by atoms with Crippen LogP contribution >= 0.6 is 0 Å². The second kappa shape index (κ2) is 8.13. The monoisotopic (exact) mass is 453 g/mol. The fraction of sp³-hybridized carbons (Fsp3) is 0.238. The third kappa shape index (κ3) is 4.51. The third-order valence-electron chi connectivity index (χ3n) is 4.66. The number of alkyl halides is 3. The van der Waals surface area contributed by atoms with E-state index in [2.05, 4.69) is 10.3 Å². The minimum atomic E-state index is -4.63. The Morgan fingerprint density at radius 1 is 1.16 bits per heavy atom. The molecular weight excluding hydrogens is 437 g/mol. The Morgan fingerprint density at radius 2 is 1.88 bits per heavy atom. The van der Waals surface area contributed by atoms with E-state index in [9.17, 15) is 26.7 Å². The van der Waals surface area contributed by atoms with E-state index >= 15 is 0 Å². The van der Waals surface area contributed by atoms with Gasteiger partial charge < -0.3 is 14.8 Å². The van der Waals surface area contributed by atoms with Gasteiger partial charge in [-0.1, -0.05) is 6.07 Å². The molecule has 0 saturated carbocycles. The number of aromatic nitrogens is 2. The Kier molecular flexibility index (Phi) is 5.49. The van der Waals surface area contributed by atoms with Crippen LogP contribution in [0.2, 0.25) is 0 Å². The van der Waals surface area contributed by atoms with Gasteiger partial charge in [-0.05, 0) is 42.8 Å². The van der Waals surface area contributed by atoms with Gasteiger partial charge in [-0.2, -0.15) is 18.2 Å². The lowest BCUT2D eigenvalue weighted by Crippen LogP contribution is -2.22. The molecule has 0 saturated heterocycles. The predicted octanol–water partition coefficient (Wildman–Crippen LogP) is 4.73. The summed E-state index contributed by atoms with van der Waals surface area (Å²) in [5, 5.41) is 3.07. The van der Waals surface area contributed by atoms with Crippen molar-refractivity contribution in [3.05, 3.63) is 75.7 Å². The third-order valence-corrected chi connectivity index (χ3v) is 4.66. The highest BCUT2D eigenvalue weighted by molar-refractivity contribution is 5.43. The molecule has 4 rings (SSSR count). The normalized spacial score (nSPS) is 15.2. The topological polar surface area (TPSA) is 65.4 Å². The molecule has 1 atom stereocenters. The summed E-state index contributed by atoms with van der Waals surface area (Å²) >= 11 is 0. The Labute approximate surface area is 178 Å². The lowest BCUT2D eigenvalue weighted by Gasteiger charge is -2.12. The Hall–Kier alpha value is -3.63. The predicted molar refractivity (Wildman–Crippen MR) is 104 cm³/mol. The molecule has 0 fully saturated rings. The zero-order valence-corrected chi connectivity index (χ0v) is 16.5. The van der Waals surface area contributed by atoms with Crippen LogP contribution in [0.3, 0.4) is 0 Å². The lowest BCUT2D eigenvalue weighted by atomic mass is 10.2. The van der Waals surface area contributed by atoms with Gasteiger partial charge in [0.2, 0.25) is 5.88 Å². The molecule has 6 nitrogen and oxygen atoms in total. The van der Waals surface area contributed by atoms with Crippen LogP contribution in [-0.2, 0) is 19.3 Å². The van der Waals surface area contributed by atoms with Crippen LogP contribution < -0.4 is 20.5 Å². The summed E-state index contributed by atoms with van der Waals surface area (Å²) < 4.78 is 79.1. The van der Waals surface area contributed by atoms with Gasteiger partial charge in [-0.3, -0.25) is 4.57 Å². The number of hydrogen-bond acceptors (Lipinski definition) is 5. The molecule has 2 aromatic carbocycles. The zero-order valence-electron chi connectivity index (χ0n) is 16.5.